The summed E-state index contributed by atoms with van der Waals surface area (Å²) in [6.07, 6.45) is 1.26. The Morgan fingerprint density at radius 3 is 2.50 bits per heavy atom. The number of rotatable bonds is 7. The van der Waals surface area contributed by atoms with Crippen LogP contribution in [0.4, 0.5) is 0 Å². The van der Waals surface area contributed by atoms with Crippen LogP contribution in [0, 0.1) is 5.92 Å². The van der Waals surface area contributed by atoms with E-state index in [4.69, 9.17) is 0 Å². The molecular weight excluding hydrogens is 148 g/mol. The van der Waals surface area contributed by atoms with Crippen LogP contribution in [0.1, 0.15) is 27.2 Å². The summed E-state index contributed by atoms with van der Waals surface area (Å²) in [6, 6.07) is 0. The zero-order valence-corrected chi connectivity index (χ0v) is 9.06. The second-order valence-corrected chi connectivity index (χ2v) is 3.86. The van der Waals surface area contributed by atoms with Crippen LogP contribution in [0.2, 0.25) is 0 Å². The van der Waals surface area contributed by atoms with Gasteiger partial charge >= 0.3 is 0 Å². The molecule has 0 saturated carbocycles. The van der Waals surface area contributed by atoms with Gasteiger partial charge in [-0.3, -0.25) is 0 Å². The van der Waals surface area contributed by atoms with Crippen molar-refractivity contribution in [2.75, 3.05) is 33.2 Å². The molecule has 0 aromatic carbocycles. The van der Waals surface area contributed by atoms with E-state index in [1.165, 1.54) is 19.5 Å². The van der Waals surface area contributed by atoms with Gasteiger partial charge in [0.1, 0.15) is 0 Å². The SMILES string of the molecule is CCNCCCN(C)CC(C)C. The molecule has 0 saturated heterocycles. The van der Waals surface area contributed by atoms with E-state index in [1.54, 1.807) is 0 Å². The van der Waals surface area contributed by atoms with E-state index in [0.717, 1.165) is 19.0 Å². The average Bonchev–Trinajstić information content (AvgIpc) is 1.97. The van der Waals surface area contributed by atoms with Crippen molar-refractivity contribution >= 4 is 0 Å². The second-order valence-electron chi connectivity index (χ2n) is 3.86. The molecule has 1 N–H and O–H groups in total. The van der Waals surface area contributed by atoms with Crippen molar-refractivity contribution in [3.8, 4) is 0 Å². The van der Waals surface area contributed by atoms with Gasteiger partial charge in [0, 0.05) is 6.54 Å². The monoisotopic (exact) mass is 172 g/mol. The van der Waals surface area contributed by atoms with Gasteiger partial charge in [-0.2, -0.15) is 0 Å². The highest BCUT2D eigenvalue weighted by Crippen LogP contribution is 1.95. The summed E-state index contributed by atoms with van der Waals surface area (Å²) in [7, 11) is 2.20. The summed E-state index contributed by atoms with van der Waals surface area (Å²) in [6.45, 7) is 11.4. The van der Waals surface area contributed by atoms with Crippen molar-refractivity contribution in [2.45, 2.75) is 27.2 Å². The third-order valence-corrected chi connectivity index (χ3v) is 1.82. The fraction of sp³-hybridized carbons (Fsp3) is 1.00. The average molecular weight is 172 g/mol. The summed E-state index contributed by atoms with van der Waals surface area (Å²) in [4.78, 5) is 2.40. The van der Waals surface area contributed by atoms with Gasteiger partial charge in [-0.05, 0) is 39.0 Å². The minimum absolute atomic E-state index is 0.786. The fourth-order valence-corrected chi connectivity index (χ4v) is 1.37. The van der Waals surface area contributed by atoms with E-state index < -0.39 is 0 Å². The topological polar surface area (TPSA) is 15.3 Å². The second kappa shape index (κ2) is 7.56. The molecule has 0 fully saturated rings. The summed E-state index contributed by atoms with van der Waals surface area (Å²) < 4.78 is 0. The van der Waals surface area contributed by atoms with Crippen molar-refractivity contribution in [2.24, 2.45) is 5.92 Å². The summed E-state index contributed by atoms with van der Waals surface area (Å²) in [5, 5.41) is 3.33. The molecule has 0 aromatic rings. The largest absolute Gasteiger partial charge is 0.317 e. The molecular formula is C10H24N2. The van der Waals surface area contributed by atoms with E-state index in [1.807, 2.05) is 0 Å². The Hall–Kier alpha value is -0.0800. The lowest BCUT2D eigenvalue weighted by molar-refractivity contribution is 0.291. The normalized spacial score (nSPS) is 11.5. The van der Waals surface area contributed by atoms with E-state index in [2.05, 4.69) is 38.0 Å². The Balaban J connectivity index is 3.14. The van der Waals surface area contributed by atoms with Crippen LogP contribution >= 0.6 is 0 Å². The van der Waals surface area contributed by atoms with E-state index in [0.29, 0.717) is 0 Å². The molecule has 0 amide bonds. The molecule has 0 aromatic heterocycles. The summed E-state index contributed by atoms with van der Waals surface area (Å²) in [5.74, 6) is 0.786. The Labute approximate surface area is 77.3 Å². The van der Waals surface area contributed by atoms with Crippen LogP contribution < -0.4 is 5.32 Å². The van der Waals surface area contributed by atoms with Crippen molar-refractivity contribution in [3.63, 3.8) is 0 Å². The van der Waals surface area contributed by atoms with Crippen LogP contribution in [-0.4, -0.2) is 38.1 Å². The van der Waals surface area contributed by atoms with Gasteiger partial charge in [0.2, 0.25) is 0 Å². The predicted octanol–water partition coefficient (Wildman–Crippen LogP) is 1.57. The third-order valence-electron chi connectivity index (χ3n) is 1.82. The maximum atomic E-state index is 3.33. The molecule has 74 valence electrons. The van der Waals surface area contributed by atoms with Crippen LogP contribution in [0.25, 0.3) is 0 Å². The van der Waals surface area contributed by atoms with Crippen molar-refractivity contribution < 1.29 is 0 Å². The number of hydrogen-bond donors (Lipinski definition) is 1. The Morgan fingerprint density at radius 2 is 2.00 bits per heavy atom. The zero-order valence-electron chi connectivity index (χ0n) is 9.06. The zero-order chi connectivity index (χ0) is 9.40. The highest BCUT2D eigenvalue weighted by atomic mass is 15.1. The lowest BCUT2D eigenvalue weighted by atomic mass is 10.2. The number of hydrogen-bond acceptors (Lipinski definition) is 2. The van der Waals surface area contributed by atoms with Gasteiger partial charge in [0.25, 0.3) is 0 Å². The molecule has 0 unspecified atom stereocenters. The predicted molar refractivity (Wildman–Crippen MR) is 55.5 cm³/mol. The van der Waals surface area contributed by atoms with Crippen molar-refractivity contribution in [3.05, 3.63) is 0 Å². The molecule has 0 rings (SSSR count). The molecule has 0 bridgehead atoms. The third kappa shape index (κ3) is 8.02. The fourth-order valence-electron chi connectivity index (χ4n) is 1.37. The van der Waals surface area contributed by atoms with Crippen LogP contribution in [0.3, 0.4) is 0 Å². The highest BCUT2D eigenvalue weighted by molar-refractivity contribution is 4.55. The maximum absolute atomic E-state index is 3.33. The van der Waals surface area contributed by atoms with Gasteiger partial charge in [-0.25, -0.2) is 0 Å². The summed E-state index contributed by atoms with van der Waals surface area (Å²) in [5.41, 5.74) is 0. The maximum Gasteiger partial charge on any atom is 0.000134 e. The summed E-state index contributed by atoms with van der Waals surface area (Å²) >= 11 is 0. The van der Waals surface area contributed by atoms with Gasteiger partial charge in [0.05, 0.1) is 0 Å². The first kappa shape index (κ1) is 11.9. The van der Waals surface area contributed by atoms with Crippen molar-refractivity contribution in [1.82, 2.24) is 10.2 Å². The Bertz CT molecular complexity index is 91.8. The quantitative estimate of drug-likeness (QED) is 0.586. The standard InChI is InChI=1S/C10H24N2/c1-5-11-7-6-8-12(4)9-10(2)3/h10-11H,5-9H2,1-4H3. The minimum atomic E-state index is 0.786. The van der Waals surface area contributed by atoms with Crippen LogP contribution in [0.15, 0.2) is 0 Å². The van der Waals surface area contributed by atoms with Crippen molar-refractivity contribution in [1.29, 1.82) is 0 Å². The van der Waals surface area contributed by atoms with E-state index in [-0.39, 0.29) is 0 Å². The Morgan fingerprint density at radius 1 is 1.33 bits per heavy atom. The van der Waals surface area contributed by atoms with Gasteiger partial charge < -0.3 is 10.2 Å². The van der Waals surface area contributed by atoms with Crippen LogP contribution in [-0.2, 0) is 0 Å². The molecule has 0 aliphatic rings. The lowest BCUT2D eigenvalue weighted by Gasteiger charge is -2.18. The number of nitrogens with one attached hydrogen (secondary N) is 1. The first-order valence-electron chi connectivity index (χ1n) is 5.06. The van der Waals surface area contributed by atoms with E-state index >= 15 is 0 Å². The van der Waals surface area contributed by atoms with Gasteiger partial charge in [-0.1, -0.05) is 20.8 Å². The molecule has 2 nitrogen and oxygen atoms in total. The number of nitrogens with zero attached hydrogens (tertiary/aromatic N) is 1. The molecule has 0 aliphatic carbocycles. The molecule has 0 heterocycles. The molecule has 2 heteroatoms. The molecule has 12 heavy (non-hydrogen) atoms. The first-order valence-corrected chi connectivity index (χ1v) is 5.06. The first-order chi connectivity index (χ1) is 5.66. The molecule has 0 atom stereocenters. The molecule has 0 radical (unpaired) electrons. The lowest BCUT2D eigenvalue weighted by Crippen LogP contribution is -2.27. The molecule has 0 aliphatic heterocycles. The van der Waals surface area contributed by atoms with Gasteiger partial charge in [0.15, 0.2) is 0 Å². The highest BCUT2D eigenvalue weighted by Gasteiger charge is 1.99. The minimum Gasteiger partial charge on any atom is -0.317 e. The van der Waals surface area contributed by atoms with Gasteiger partial charge in [-0.15, -0.1) is 0 Å². The van der Waals surface area contributed by atoms with E-state index in [9.17, 15) is 0 Å². The Kier molecular flexibility index (Phi) is 7.51. The van der Waals surface area contributed by atoms with Crippen LogP contribution in [0.5, 0.6) is 0 Å². The smallest absolute Gasteiger partial charge is 0.000134 e. The molecule has 0 spiro atoms.